The highest BCUT2D eigenvalue weighted by atomic mass is 32.2. The maximum absolute atomic E-state index is 13.2. The number of fused-ring (bicyclic) bond motifs is 1. The second-order valence-electron chi connectivity index (χ2n) is 8.10. The monoisotopic (exact) mass is 485 g/mol. The molecule has 2 N–H and O–H groups in total. The molecule has 12 heteroatoms. The summed E-state index contributed by atoms with van der Waals surface area (Å²) in [5, 5.41) is 12.6. The standard InChI is InChI=1S/C21H22F3N3O5S/c22-21(23,24)15-3-5-16(6-4-15)33(30,31)27-9-10-32-19-17(27)11-14(12-25-19)18(29)26-20(13-28)7-1-2-8-20/h3-6,11-12,28H,1-2,7-10,13H2,(H,26,29). The van der Waals surface area contributed by atoms with Gasteiger partial charge in [-0.3, -0.25) is 9.10 Å². The number of pyridine rings is 1. The van der Waals surface area contributed by atoms with Crippen LogP contribution in [-0.4, -0.2) is 49.7 Å². The summed E-state index contributed by atoms with van der Waals surface area (Å²) in [6.07, 6.45) is -0.337. The number of aliphatic hydroxyl groups excluding tert-OH is 1. The first-order valence-corrected chi connectivity index (χ1v) is 11.8. The molecule has 4 rings (SSSR count). The number of carbonyl (C=O) groups excluding carboxylic acids is 1. The lowest BCUT2D eigenvalue weighted by Crippen LogP contribution is -2.49. The van der Waals surface area contributed by atoms with Crippen LogP contribution in [0.25, 0.3) is 0 Å². The molecule has 2 aliphatic rings. The minimum Gasteiger partial charge on any atom is -0.474 e. The van der Waals surface area contributed by atoms with Gasteiger partial charge in [0.1, 0.15) is 12.3 Å². The Bertz CT molecular complexity index is 1150. The molecule has 1 aliphatic heterocycles. The van der Waals surface area contributed by atoms with E-state index in [4.69, 9.17) is 4.74 Å². The van der Waals surface area contributed by atoms with Gasteiger partial charge in [0.2, 0.25) is 5.88 Å². The number of anilines is 1. The molecule has 0 unspecified atom stereocenters. The van der Waals surface area contributed by atoms with E-state index in [9.17, 15) is 31.5 Å². The van der Waals surface area contributed by atoms with Gasteiger partial charge >= 0.3 is 6.18 Å². The Labute approximate surface area is 188 Å². The van der Waals surface area contributed by atoms with Gasteiger partial charge in [-0.15, -0.1) is 0 Å². The molecule has 0 atom stereocenters. The van der Waals surface area contributed by atoms with E-state index in [0.29, 0.717) is 25.0 Å². The summed E-state index contributed by atoms with van der Waals surface area (Å²) in [4.78, 5) is 16.6. The van der Waals surface area contributed by atoms with Crippen molar-refractivity contribution in [2.24, 2.45) is 0 Å². The second kappa shape index (κ2) is 8.49. The fraction of sp³-hybridized carbons (Fsp3) is 0.429. The van der Waals surface area contributed by atoms with Gasteiger partial charge in [-0.1, -0.05) is 12.8 Å². The Hall–Kier alpha value is -2.86. The number of nitrogens with one attached hydrogen (secondary N) is 1. The number of nitrogens with zero attached hydrogens (tertiary/aromatic N) is 2. The van der Waals surface area contributed by atoms with Gasteiger partial charge in [-0.25, -0.2) is 13.4 Å². The highest BCUT2D eigenvalue weighted by molar-refractivity contribution is 7.92. The van der Waals surface area contributed by atoms with E-state index in [1.807, 2.05) is 0 Å². The topological polar surface area (TPSA) is 109 Å². The van der Waals surface area contributed by atoms with Gasteiger partial charge in [0, 0.05) is 6.20 Å². The van der Waals surface area contributed by atoms with Crippen LogP contribution in [0, 0.1) is 0 Å². The van der Waals surface area contributed by atoms with E-state index in [-0.39, 0.29) is 41.8 Å². The van der Waals surface area contributed by atoms with E-state index in [2.05, 4.69) is 10.3 Å². The zero-order chi connectivity index (χ0) is 23.9. The van der Waals surface area contributed by atoms with Gasteiger partial charge in [-0.2, -0.15) is 13.2 Å². The number of halogens is 3. The third-order valence-electron chi connectivity index (χ3n) is 5.91. The van der Waals surface area contributed by atoms with Crippen molar-refractivity contribution in [2.45, 2.75) is 42.3 Å². The van der Waals surface area contributed by atoms with E-state index in [0.717, 1.165) is 29.3 Å². The molecule has 2 heterocycles. The molecule has 0 radical (unpaired) electrons. The highest BCUT2D eigenvalue weighted by Crippen LogP contribution is 2.36. The number of aromatic nitrogens is 1. The fourth-order valence-corrected chi connectivity index (χ4v) is 5.52. The number of hydrogen-bond donors (Lipinski definition) is 2. The molecule has 1 amide bonds. The molecule has 0 bridgehead atoms. The maximum atomic E-state index is 13.2. The first-order valence-electron chi connectivity index (χ1n) is 10.3. The summed E-state index contributed by atoms with van der Waals surface area (Å²) >= 11 is 0. The summed E-state index contributed by atoms with van der Waals surface area (Å²) < 4.78 is 71.3. The molecular weight excluding hydrogens is 463 g/mol. The zero-order valence-electron chi connectivity index (χ0n) is 17.4. The van der Waals surface area contributed by atoms with Crippen molar-refractivity contribution < 1.29 is 36.2 Å². The Morgan fingerprint density at radius 1 is 1.21 bits per heavy atom. The molecule has 0 saturated heterocycles. The predicted molar refractivity (Wildman–Crippen MR) is 111 cm³/mol. The average molecular weight is 485 g/mol. The molecule has 0 spiro atoms. The van der Waals surface area contributed by atoms with E-state index < -0.39 is 33.2 Å². The SMILES string of the molecule is O=C(NC1(CO)CCCC1)c1cnc2c(c1)N(S(=O)(=O)c1ccc(C(F)(F)F)cc1)CCO2. The number of aliphatic hydroxyl groups is 1. The van der Waals surface area contributed by atoms with Crippen LogP contribution in [-0.2, 0) is 16.2 Å². The first kappa shape index (κ1) is 23.3. The molecule has 1 saturated carbocycles. The van der Waals surface area contributed by atoms with Gasteiger partial charge in [0.05, 0.1) is 34.7 Å². The summed E-state index contributed by atoms with van der Waals surface area (Å²) in [5.41, 5.74) is -1.60. The number of ether oxygens (including phenoxy) is 1. The Kier molecular flexibility index (Phi) is 5.99. The van der Waals surface area contributed by atoms with Crippen LogP contribution >= 0.6 is 0 Å². The summed E-state index contributed by atoms with van der Waals surface area (Å²) in [6, 6.07) is 4.50. The maximum Gasteiger partial charge on any atom is 0.416 e. The van der Waals surface area contributed by atoms with Crippen molar-refractivity contribution in [1.29, 1.82) is 0 Å². The van der Waals surface area contributed by atoms with Gasteiger partial charge in [0.15, 0.2) is 0 Å². The lowest BCUT2D eigenvalue weighted by Gasteiger charge is -2.31. The molecule has 8 nitrogen and oxygen atoms in total. The van der Waals surface area contributed by atoms with Crippen LogP contribution in [0.15, 0.2) is 41.4 Å². The number of amides is 1. The molecule has 178 valence electrons. The summed E-state index contributed by atoms with van der Waals surface area (Å²) in [7, 11) is -4.24. The number of alkyl halides is 3. The largest absolute Gasteiger partial charge is 0.474 e. The third-order valence-corrected chi connectivity index (χ3v) is 7.74. The van der Waals surface area contributed by atoms with Crippen molar-refractivity contribution >= 4 is 21.6 Å². The molecule has 1 fully saturated rings. The number of rotatable bonds is 5. The van der Waals surface area contributed by atoms with Crippen molar-refractivity contribution in [1.82, 2.24) is 10.3 Å². The van der Waals surface area contributed by atoms with Gasteiger partial charge < -0.3 is 15.2 Å². The van der Waals surface area contributed by atoms with Crippen molar-refractivity contribution in [2.75, 3.05) is 24.1 Å². The van der Waals surface area contributed by atoms with Crippen LogP contribution in [0.5, 0.6) is 5.88 Å². The predicted octanol–water partition coefficient (Wildman–Crippen LogP) is 2.72. The van der Waals surface area contributed by atoms with Gasteiger partial charge in [0.25, 0.3) is 15.9 Å². The molecule has 1 aromatic carbocycles. The quantitative estimate of drug-likeness (QED) is 0.674. The number of hydrogen-bond acceptors (Lipinski definition) is 6. The zero-order valence-corrected chi connectivity index (χ0v) is 18.2. The van der Waals surface area contributed by atoms with Crippen LogP contribution < -0.4 is 14.4 Å². The van der Waals surface area contributed by atoms with E-state index in [1.54, 1.807) is 0 Å². The molecule has 1 aliphatic carbocycles. The Morgan fingerprint density at radius 3 is 2.48 bits per heavy atom. The minimum absolute atomic E-state index is 0.00831. The minimum atomic E-state index is -4.59. The Balaban J connectivity index is 1.64. The lowest BCUT2D eigenvalue weighted by atomic mass is 9.98. The van der Waals surface area contributed by atoms with E-state index in [1.165, 1.54) is 12.3 Å². The molecule has 33 heavy (non-hydrogen) atoms. The highest BCUT2D eigenvalue weighted by Gasteiger charge is 2.37. The molecule has 1 aromatic heterocycles. The number of carbonyl (C=O) groups is 1. The number of sulfonamides is 1. The Morgan fingerprint density at radius 2 is 1.88 bits per heavy atom. The van der Waals surface area contributed by atoms with Crippen LogP contribution in [0.2, 0.25) is 0 Å². The van der Waals surface area contributed by atoms with Crippen molar-refractivity contribution in [3.63, 3.8) is 0 Å². The second-order valence-corrected chi connectivity index (χ2v) is 9.96. The van der Waals surface area contributed by atoms with Crippen LogP contribution in [0.4, 0.5) is 18.9 Å². The van der Waals surface area contributed by atoms with E-state index >= 15 is 0 Å². The molecule has 2 aromatic rings. The smallest absolute Gasteiger partial charge is 0.416 e. The normalized spacial score (nSPS) is 17.9. The lowest BCUT2D eigenvalue weighted by molar-refractivity contribution is -0.137. The van der Waals surface area contributed by atoms with Crippen LogP contribution in [0.1, 0.15) is 41.6 Å². The van der Waals surface area contributed by atoms with Crippen molar-refractivity contribution in [3.8, 4) is 5.88 Å². The fourth-order valence-electron chi connectivity index (χ4n) is 4.08. The summed E-state index contributed by atoms with van der Waals surface area (Å²) in [6.45, 7) is -0.336. The third kappa shape index (κ3) is 4.49. The average Bonchev–Trinajstić information content (AvgIpc) is 3.26. The first-order chi connectivity index (χ1) is 15.6. The molecular formula is C21H22F3N3O5S. The van der Waals surface area contributed by atoms with Crippen molar-refractivity contribution in [3.05, 3.63) is 47.7 Å². The summed E-state index contributed by atoms with van der Waals surface area (Å²) in [5.74, 6) is -0.523. The van der Waals surface area contributed by atoms with Crippen LogP contribution in [0.3, 0.4) is 0 Å². The van der Waals surface area contributed by atoms with Gasteiger partial charge in [-0.05, 0) is 43.2 Å². The number of benzene rings is 1.